The number of benzene rings is 1. The van der Waals surface area contributed by atoms with Crippen LogP contribution in [0.15, 0.2) is 59.7 Å². The van der Waals surface area contributed by atoms with Crippen LogP contribution < -0.4 is 11.0 Å². The fourth-order valence-corrected chi connectivity index (χ4v) is 5.64. The van der Waals surface area contributed by atoms with E-state index < -0.39 is 23.6 Å². The standard InChI is InChI=1S/C31H32ClF2N5O4/c1-31(2,43)26(40)14-21-11-12-22(16-35-21)39-25-6-4-3-5-24(25)38(30(39)42)17-18-7-9-20(10-8-18)37-29(41)23-13-19(32)15-36-27(23)28(33)34/h3-6,11-13,15-16,18,20,28,43H,7-10,14,17H2,1-2H3,(H,37,41). The predicted molar refractivity (Wildman–Crippen MR) is 158 cm³/mol. The summed E-state index contributed by atoms with van der Waals surface area (Å²) in [7, 11) is 0. The molecule has 43 heavy (non-hydrogen) atoms. The highest BCUT2D eigenvalue weighted by Gasteiger charge is 2.28. The summed E-state index contributed by atoms with van der Waals surface area (Å²) < 4.78 is 30.1. The molecule has 1 aliphatic rings. The maximum Gasteiger partial charge on any atom is 0.333 e. The molecule has 0 aliphatic heterocycles. The van der Waals surface area contributed by atoms with Gasteiger partial charge in [-0.1, -0.05) is 23.7 Å². The average molecular weight is 612 g/mol. The molecular weight excluding hydrogens is 580 g/mol. The van der Waals surface area contributed by atoms with Crippen LogP contribution in [0.25, 0.3) is 16.7 Å². The van der Waals surface area contributed by atoms with E-state index in [1.54, 1.807) is 27.5 Å². The number of ketones is 1. The first-order valence-electron chi connectivity index (χ1n) is 14.1. The highest BCUT2D eigenvalue weighted by atomic mass is 35.5. The van der Waals surface area contributed by atoms with Gasteiger partial charge in [0.2, 0.25) is 0 Å². The van der Waals surface area contributed by atoms with Gasteiger partial charge in [-0.15, -0.1) is 0 Å². The molecule has 1 aliphatic carbocycles. The third-order valence-electron chi connectivity index (χ3n) is 7.89. The Kier molecular flexibility index (Phi) is 8.75. The maximum atomic E-state index is 13.7. The molecule has 1 fully saturated rings. The first kappa shape index (κ1) is 30.5. The summed E-state index contributed by atoms with van der Waals surface area (Å²) in [5.41, 5.74) is 0.0534. The Morgan fingerprint density at radius 2 is 1.77 bits per heavy atom. The topological polar surface area (TPSA) is 119 Å². The molecule has 12 heteroatoms. The fourth-order valence-electron chi connectivity index (χ4n) is 5.48. The molecule has 0 atom stereocenters. The van der Waals surface area contributed by atoms with Crippen LogP contribution in [-0.4, -0.2) is 47.5 Å². The number of hydrogen-bond acceptors (Lipinski definition) is 6. The number of halogens is 3. The summed E-state index contributed by atoms with van der Waals surface area (Å²) in [6, 6.07) is 11.9. The molecule has 1 aromatic carbocycles. The normalized spacial score (nSPS) is 17.4. The number of carbonyl (C=O) groups excluding carboxylic acids is 2. The zero-order valence-electron chi connectivity index (χ0n) is 23.8. The molecular formula is C31H32ClF2N5O4. The fraction of sp³-hybridized carbons (Fsp3) is 0.387. The van der Waals surface area contributed by atoms with Crippen LogP contribution in [0.5, 0.6) is 0 Å². The lowest BCUT2D eigenvalue weighted by Gasteiger charge is -2.29. The van der Waals surface area contributed by atoms with Gasteiger partial charge in [-0.05, 0) is 75.8 Å². The van der Waals surface area contributed by atoms with Crippen LogP contribution in [0.3, 0.4) is 0 Å². The van der Waals surface area contributed by atoms with Gasteiger partial charge < -0.3 is 10.4 Å². The van der Waals surface area contributed by atoms with Crippen molar-refractivity contribution in [3.63, 3.8) is 0 Å². The number of Topliss-reactive ketones (excluding diaryl/α,β-unsaturated/α-hetero) is 1. The second-order valence-electron chi connectivity index (χ2n) is 11.5. The van der Waals surface area contributed by atoms with Crippen LogP contribution in [0.1, 0.15) is 67.7 Å². The number of fused-ring (bicyclic) bond motifs is 1. The number of alkyl halides is 2. The number of para-hydroxylation sites is 2. The Labute approximate surface area is 251 Å². The molecule has 9 nitrogen and oxygen atoms in total. The SMILES string of the molecule is CC(C)(O)C(=O)Cc1ccc(-n2c(=O)n(CC3CCC(NC(=O)c4cc(Cl)cnc4C(F)F)CC3)c3ccccc32)cn1. The van der Waals surface area contributed by atoms with Crippen molar-refractivity contribution in [2.24, 2.45) is 5.92 Å². The molecule has 0 radical (unpaired) electrons. The number of hydrogen-bond donors (Lipinski definition) is 2. The van der Waals surface area contributed by atoms with E-state index in [2.05, 4.69) is 15.3 Å². The molecule has 5 rings (SSSR count). The predicted octanol–water partition coefficient (Wildman–Crippen LogP) is 5.04. The van der Waals surface area contributed by atoms with E-state index in [0.29, 0.717) is 30.8 Å². The molecule has 3 aromatic heterocycles. The van der Waals surface area contributed by atoms with Crippen molar-refractivity contribution in [1.82, 2.24) is 24.4 Å². The minimum atomic E-state index is -2.90. The average Bonchev–Trinajstić information content (AvgIpc) is 3.24. The van der Waals surface area contributed by atoms with Gasteiger partial charge in [-0.3, -0.25) is 28.7 Å². The highest BCUT2D eigenvalue weighted by molar-refractivity contribution is 6.30. The van der Waals surface area contributed by atoms with Gasteiger partial charge >= 0.3 is 5.69 Å². The van der Waals surface area contributed by atoms with E-state index in [4.69, 9.17) is 11.6 Å². The van der Waals surface area contributed by atoms with Crippen LogP contribution in [0.4, 0.5) is 8.78 Å². The molecule has 4 aromatic rings. The van der Waals surface area contributed by atoms with Gasteiger partial charge in [0.05, 0.1) is 39.9 Å². The van der Waals surface area contributed by atoms with Crippen molar-refractivity contribution in [3.05, 3.63) is 87.3 Å². The van der Waals surface area contributed by atoms with Crippen LogP contribution in [0.2, 0.25) is 5.02 Å². The minimum Gasteiger partial charge on any atom is -0.383 e. The zero-order chi connectivity index (χ0) is 30.9. The molecule has 0 saturated heterocycles. The van der Waals surface area contributed by atoms with Crippen molar-refractivity contribution in [3.8, 4) is 5.69 Å². The van der Waals surface area contributed by atoms with Crippen molar-refractivity contribution in [2.75, 3.05) is 0 Å². The number of nitrogens with zero attached hydrogens (tertiary/aromatic N) is 4. The highest BCUT2D eigenvalue weighted by Crippen LogP contribution is 2.29. The lowest BCUT2D eigenvalue weighted by atomic mass is 9.85. The van der Waals surface area contributed by atoms with E-state index >= 15 is 0 Å². The van der Waals surface area contributed by atoms with Crippen molar-refractivity contribution < 1.29 is 23.5 Å². The summed E-state index contributed by atoms with van der Waals surface area (Å²) in [5, 5.41) is 12.9. The summed E-state index contributed by atoms with van der Waals surface area (Å²) in [4.78, 5) is 46.7. The van der Waals surface area contributed by atoms with Gasteiger partial charge in [0.1, 0.15) is 11.3 Å². The minimum absolute atomic E-state index is 0.0209. The monoisotopic (exact) mass is 611 g/mol. The van der Waals surface area contributed by atoms with Crippen molar-refractivity contribution in [1.29, 1.82) is 0 Å². The smallest absolute Gasteiger partial charge is 0.333 e. The van der Waals surface area contributed by atoms with Crippen LogP contribution in [-0.2, 0) is 17.8 Å². The number of imidazole rings is 1. The number of rotatable bonds is 9. The van der Waals surface area contributed by atoms with Crippen molar-refractivity contribution >= 4 is 34.3 Å². The van der Waals surface area contributed by atoms with E-state index in [-0.39, 0.29) is 40.4 Å². The van der Waals surface area contributed by atoms with Gasteiger partial charge in [0, 0.05) is 24.5 Å². The Bertz CT molecular complexity index is 1700. The zero-order valence-corrected chi connectivity index (χ0v) is 24.5. The number of nitrogens with one attached hydrogen (secondary N) is 1. The van der Waals surface area contributed by atoms with Gasteiger partial charge in [-0.2, -0.15) is 0 Å². The molecule has 0 bridgehead atoms. The molecule has 0 spiro atoms. The van der Waals surface area contributed by atoms with E-state index in [9.17, 15) is 28.3 Å². The molecule has 1 amide bonds. The largest absolute Gasteiger partial charge is 0.383 e. The van der Waals surface area contributed by atoms with Gasteiger partial charge in [0.15, 0.2) is 5.78 Å². The summed E-state index contributed by atoms with van der Waals surface area (Å²) >= 11 is 5.90. The second kappa shape index (κ2) is 12.3. The Morgan fingerprint density at radius 3 is 2.40 bits per heavy atom. The van der Waals surface area contributed by atoms with E-state index in [1.165, 1.54) is 19.9 Å². The van der Waals surface area contributed by atoms with Gasteiger partial charge in [0.25, 0.3) is 12.3 Å². The molecule has 1 saturated carbocycles. The number of amides is 1. The Morgan fingerprint density at radius 1 is 1.07 bits per heavy atom. The third kappa shape index (κ3) is 6.67. The lowest BCUT2D eigenvalue weighted by Crippen LogP contribution is -2.39. The van der Waals surface area contributed by atoms with Crippen molar-refractivity contribution in [2.45, 2.75) is 70.6 Å². The number of aromatic nitrogens is 4. The quantitative estimate of drug-likeness (QED) is 0.274. The molecule has 2 N–H and O–H groups in total. The lowest BCUT2D eigenvalue weighted by molar-refractivity contribution is -0.133. The maximum absolute atomic E-state index is 13.7. The Balaban J connectivity index is 1.29. The third-order valence-corrected chi connectivity index (χ3v) is 8.09. The first-order chi connectivity index (χ1) is 20.4. The summed E-state index contributed by atoms with van der Waals surface area (Å²) in [6.07, 6.45) is 2.46. The summed E-state index contributed by atoms with van der Waals surface area (Å²) in [5.74, 6) is -0.810. The number of pyridine rings is 2. The molecule has 3 heterocycles. The second-order valence-corrected chi connectivity index (χ2v) is 11.9. The molecule has 226 valence electrons. The van der Waals surface area contributed by atoms with Crippen LogP contribution in [0, 0.1) is 5.92 Å². The van der Waals surface area contributed by atoms with E-state index in [1.807, 2.05) is 24.3 Å². The summed E-state index contributed by atoms with van der Waals surface area (Å²) in [6.45, 7) is 3.35. The number of carbonyl (C=O) groups is 2. The Hall–Kier alpha value is -3.96. The number of aliphatic hydroxyl groups is 1. The van der Waals surface area contributed by atoms with E-state index in [0.717, 1.165) is 30.1 Å². The van der Waals surface area contributed by atoms with Crippen LogP contribution >= 0.6 is 11.6 Å². The molecule has 0 unspecified atom stereocenters. The first-order valence-corrected chi connectivity index (χ1v) is 14.5. The van der Waals surface area contributed by atoms with Gasteiger partial charge in [-0.25, -0.2) is 13.6 Å².